The van der Waals surface area contributed by atoms with Crippen molar-refractivity contribution in [1.82, 2.24) is 9.88 Å². The molecule has 4 nitrogen and oxygen atoms in total. The normalized spacial score (nSPS) is 10.2. The van der Waals surface area contributed by atoms with Gasteiger partial charge in [0.1, 0.15) is 5.69 Å². The minimum atomic E-state index is -0.132. The Labute approximate surface area is 99.9 Å². The Morgan fingerprint density at radius 2 is 2.31 bits per heavy atom. The molecule has 0 saturated carbocycles. The molecule has 1 heterocycles. The maximum Gasteiger partial charge on any atom is 0.272 e. The van der Waals surface area contributed by atoms with Crippen LogP contribution in [0.5, 0.6) is 0 Å². The maximum absolute atomic E-state index is 11.9. The van der Waals surface area contributed by atoms with Crippen molar-refractivity contribution in [1.29, 1.82) is 0 Å². The van der Waals surface area contributed by atoms with Crippen molar-refractivity contribution in [2.45, 2.75) is 13.3 Å². The number of hydrogen-bond acceptors (Lipinski definition) is 3. The molecular weight excluding hydrogens is 228 g/mol. The summed E-state index contributed by atoms with van der Waals surface area (Å²) >= 11 is 5.69. The third-order valence-electron chi connectivity index (χ3n) is 2.20. The zero-order valence-corrected chi connectivity index (χ0v) is 9.94. The van der Waals surface area contributed by atoms with Gasteiger partial charge in [-0.1, -0.05) is 11.6 Å². The number of aliphatic hydroxyl groups excluding tert-OH is 1. The fourth-order valence-corrected chi connectivity index (χ4v) is 1.44. The minimum Gasteiger partial charge on any atom is -0.396 e. The smallest absolute Gasteiger partial charge is 0.272 e. The lowest BCUT2D eigenvalue weighted by molar-refractivity contribution is 0.0748. The summed E-state index contributed by atoms with van der Waals surface area (Å²) in [6.45, 7) is 3.11. The van der Waals surface area contributed by atoms with Crippen LogP contribution in [-0.4, -0.2) is 40.6 Å². The van der Waals surface area contributed by atoms with Gasteiger partial charge in [0.25, 0.3) is 5.91 Å². The summed E-state index contributed by atoms with van der Waals surface area (Å²) in [4.78, 5) is 17.5. The molecule has 0 bridgehead atoms. The van der Waals surface area contributed by atoms with E-state index in [4.69, 9.17) is 16.7 Å². The topological polar surface area (TPSA) is 53.4 Å². The van der Waals surface area contributed by atoms with Gasteiger partial charge in [0, 0.05) is 25.9 Å². The van der Waals surface area contributed by atoms with Gasteiger partial charge in [0.05, 0.1) is 5.02 Å². The van der Waals surface area contributed by atoms with E-state index in [1.165, 1.54) is 6.20 Å². The van der Waals surface area contributed by atoms with Crippen LogP contribution in [0.4, 0.5) is 0 Å². The van der Waals surface area contributed by atoms with Crippen LogP contribution in [0.3, 0.4) is 0 Å². The van der Waals surface area contributed by atoms with Crippen molar-refractivity contribution in [2.75, 3.05) is 19.7 Å². The van der Waals surface area contributed by atoms with E-state index in [0.717, 1.165) is 0 Å². The number of halogens is 1. The number of carbonyl (C=O) groups excluding carboxylic acids is 1. The van der Waals surface area contributed by atoms with E-state index >= 15 is 0 Å². The lowest BCUT2D eigenvalue weighted by Gasteiger charge is -2.19. The van der Waals surface area contributed by atoms with Crippen LogP contribution in [-0.2, 0) is 0 Å². The Morgan fingerprint density at radius 1 is 1.56 bits per heavy atom. The van der Waals surface area contributed by atoms with Crippen molar-refractivity contribution >= 4 is 17.5 Å². The Morgan fingerprint density at radius 3 is 2.81 bits per heavy atom. The number of aromatic nitrogens is 1. The summed E-state index contributed by atoms with van der Waals surface area (Å²) in [7, 11) is 0. The molecule has 0 fully saturated rings. The standard InChI is InChI=1S/C11H15ClN2O2/c1-2-14(6-3-7-15)11(16)10-5-4-9(12)8-13-10/h4-5,8,15H,2-3,6-7H2,1H3. The number of amides is 1. The van der Waals surface area contributed by atoms with Crippen molar-refractivity contribution in [3.8, 4) is 0 Å². The number of nitrogens with zero attached hydrogens (tertiary/aromatic N) is 2. The van der Waals surface area contributed by atoms with Gasteiger partial charge >= 0.3 is 0 Å². The van der Waals surface area contributed by atoms with E-state index in [1.807, 2.05) is 6.92 Å². The van der Waals surface area contributed by atoms with Crippen LogP contribution in [0.2, 0.25) is 5.02 Å². The van der Waals surface area contributed by atoms with Crippen molar-refractivity contribution < 1.29 is 9.90 Å². The molecule has 0 aromatic carbocycles. The second-order valence-electron chi connectivity index (χ2n) is 3.32. The third kappa shape index (κ3) is 3.47. The van der Waals surface area contributed by atoms with Crippen molar-refractivity contribution in [3.63, 3.8) is 0 Å². The number of hydrogen-bond donors (Lipinski definition) is 1. The lowest BCUT2D eigenvalue weighted by Crippen LogP contribution is -2.32. The molecule has 1 aromatic heterocycles. The molecule has 1 N–H and O–H groups in total. The molecule has 88 valence electrons. The zero-order valence-electron chi connectivity index (χ0n) is 9.19. The van der Waals surface area contributed by atoms with E-state index in [2.05, 4.69) is 4.98 Å². The molecule has 1 amide bonds. The Balaban J connectivity index is 2.70. The Kier molecular flexibility index (Phi) is 5.22. The van der Waals surface area contributed by atoms with Crippen LogP contribution < -0.4 is 0 Å². The first-order valence-electron chi connectivity index (χ1n) is 5.20. The molecular formula is C11H15ClN2O2. The molecule has 16 heavy (non-hydrogen) atoms. The van der Waals surface area contributed by atoms with Gasteiger partial charge in [0.15, 0.2) is 0 Å². The molecule has 5 heteroatoms. The van der Waals surface area contributed by atoms with Crippen LogP contribution >= 0.6 is 11.6 Å². The highest BCUT2D eigenvalue weighted by molar-refractivity contribution is 6.30. The summed E-state index contributed by atoms with van der Waals surface area (Å²) in [5, 5.41) is 9.24. The number of rotatable bonds is 5. The number of aliphatic hydroxyl groups is 1. The molecule has 0 aliphatic rings. The van der Waals surface area contributed by atoms with Crippen LogP contribution in [0.15, 0.2) is 18.3 Å². The molecule has 1 aromatic rings. The fourth-order valence-electron chi connectivity index (χ4n) is 1.33. The molecule has 0 spiro atoms. The fraction of sp³-hybridized carbons (Fsp3) is 0.455. The Bertz CT molecular complexity index is 340. The predicted octanol–water partition coefficient (Wildman–Crippen LogP) is 1.58. The number of pyridine rings is 1. The van der Waals surface area contributed by atoms with Gasteiger partial charge in [-0.05, 0) is 25.5 Å². The van der Waals surface area contributed by atoms with Crippen LogP contribution in [0, 0.1) is 0 Å². The highest BCUT2D eigenvalue weighted by Crippen LogP contribution is 2.08. The summed E-state index contributed by atoms with van der Waals surface area (Å²) in [6, 6.07) is 3.24. The molecule has 0 radical (unpaired) electrons. The first kappa shape index (κ1) is 12.9. The summed E-state index contributed by atoms with van der Waals surface area (Å²) in [5.74, 6) is -0.132. The SMILES string of the molecule is CCN(CCCO)C(=O)c1ccc(Cl)cn1. The highest BCUT2D eigenvalue weighted by atomic mass is 35.5. The minimum absolute atomic E-state index is 0.0812. The average molecular weight is 243 g/mol. The molecule has 0 atom stereocenters. The molecule has 0 unspecified atom stereocenters. The second kappa shape index (κ2) is 6.45. The second-order valence-corrected chi connectivity index (χ2v) is 3.76. The van der Waals surface area contributed by atoms with Gasteiger partial charge in [-0.25, -0.2) is 4.98 Å². The Hall–Kier alpha value is -1.13. The predicted molar refractivity (Wildman–Crippen MR) is 62.5 cm³/mol. The maximum atomic E-state index is 11.9. The van der Waals surface area contributed by atoms with Crippen LogP contribution in [0.25, 0.3) is 0 Å². The third-order valence-corrected chi connectivity index (χ3v) is 2.43. The van der Waals surface area contributed by atoms with E-state index < -0.39 is 0 Å². The molecule has 0 aliphatic carbocycles. The first-order chi connectivity index (χ1) is 7.69. The largest absolute Gasteiger partial charge is 0.396 e. The van der Waals surface area contributed by atoms with E-state index in [9.17, 15) is 4.79 Å². The van der Waals surface area contributed by atoms with Gasteiger partial charge in [0.2, 0.25) is 0 Å². The molecule has 0 saturated heterocycles. The van der Waals surface area contributed by atoms with Crippen LogP contribution in [0.1, 0.15) is 23.8 Å². The highest BCUT2D eigenvalue weighted by Gasteiger charge is 2.14. The van der Waals surface area contributed by atoms with Gasteiger partial charge < -0.3 is 10.0 Å². The lowest BCUT2D eigenvalue weighted by atomic mass is 10.3. The van der Waals surface area contributed by atoms with Gasteiger partial charge in [-0.2, -0.15) is 0 Å². The summed E-state index contributed by atoms with van der Waals surface area (Å²) in [6.07, 6.45) is 2.03. The van der Waals surface area contributed by atoms with Crippen molar-refractivity contribution in [2.24, 2.45) is 0 Å². The summed E-state index contributed by atoms with van der Waals surface area (Å²) in [5.41, 5.74) is 0.379. The van der Waals surface area contributed by atoms with E-state index in [0.29, 0.717) is 30.2 Å². The van der Waals surface area contributed by atoms with Crippen molar-refractivity contribution in [3.05, 3.63) is 29.0 Å². The number of carbonyl (C=O) groups is 1. The quantitative estimate of drug-likeness (QED) is 0.853. The monoisotopic (exact) mass is 242 g/mol. The first-order valence-corrected chi connectivity index (χ1v) is 5.58. The molecule has 1 rings (SSSR count). The van der Waals surface area contributed by atoms with E-state index in [1.54, 1.807) is 17.0 Å². The summed E-state index contributed by atoms with van der Waals surface area (Å²) < 4.78 is 0. The van der Waals surface area contributed by atoms with E-state index in [-0.39, 0.29) is 12.5 Å². The van der Waals surface area contributed by atoms with Gasteiger partial charge in [-0.3, -0.25) is 4.79 Å². The zero-order chi connectivity index (χ0) is 12.0. The average Bonchev–Trinajstić information content (AvgIpc) is 2.30. The van der Waals surface area contributed by atoms with Gasteiger partial charge in [-0.15, -0.1) is 0 Å². The molecule has 0 aliphatic heterocycles.